The van der Waals surface area contributed by atoms with Gasteiger partial charge in [0.15, 0.2) is 0 Å². The predicted molar refractivity (Wildman–Crippen MR) is 120 cm³/mol. The number of hydrogen-bond acceptors (Lipinski definition) is 5. The minimum Gasteiger partial charge on any atom is -0.350 e. The average molecular weight is 426 g/mol. The molecule has 0 saturated carbocycles. The van der Waals surface area contributed by atoms with Crippen LogP contribution >= 0.6 is 11.8 Å². The standard InChI is InChI=1S/C22H27N5O2S/c1-2-26-12-4-5-18(26)15-24-20(28)16-7-9-17(10-8-16)25-22(29)27-13-14-30-21-19(27)6-3-11-23-21/h3,6-11,18H,2,4-5,12-15H2,1H3,(H,24,28)(H,25,29). The van der Waals surface area contributed by atoms with Crippen molar-refractivity contribution >= 4 is 35.1 Å². The lowest BCUT2D eigenvalue weighted by atomic mass is 10.1. The number of thioether (sulfide) groups is 1. The third-order valence-electron chi connectivity index (χ3n) is 5.64. The molecule has 0 radical (unpaired) electrons. The van der Waals surface area contributed by atoms with Crippen molar-refractivity contribution in [2.45, 2.75) is 30.8 Å². The van der Waals surface area contributed by atoms with E-state index in [2.05, 4.69) is 27.4 Å². The van der Waals surface area contributed by atoms with Crippen molar-refractivity contribution in [1.82, 2.24) is 15.2 Å². The maximum Gasteiger partial charge on any atom is 0.326 e. The van der Waals surface area contributed by atoms with Gasteiger partial charge in [-0.3, -0.25) is 14.6 Å². The second kappa shape index (κ2) is 9.49. The maximum atomic E-state index is 12.8. The molecule has 1 fully saturated rings. The van der Waals surface area contributed by atoms with E-state index in [1.165, 1.54) is 6.42 Å². The highest BCUT2D eigenvalue weighted by atomic mass is 32.2. The van der Waals surface area contributed by atoms with Gasteiger partial charge >= 0.3 is 6.03 Å². The van der Waals surface area contributed by atoms with E-state index < -0.39 is 0 Å². The Morgan fingerprint density at radius 3 is 2.83 bits per heavy atom. The lowest BCUT2D eigenvalue weighted by molar-refractivity contribution is 0.0941. The molecule has 2 aliphatic rings. The van der Waals surface area contributed by atoms with E-state index in [4.69, 9.17) is 0 Å². The monoisotopic (exact) mass is 425 g/mol. The molecule has 30 heavy (non-hydrogen) atoms. The van der Waals surface area contributed by atoms with Crippen LogP contribution in [-0.2, 0) is 0 Å². The van der Waals surface area contributed by atoms with Gasteiger partial charge in [0, 0.05) is 42.3 Å². The highest BCUT2D eigenvalue weighted by Gasteiger charge is 2.24. The van der Waals surface area contributed by atoms with Gasteiger partial charge in [-0.25, -0.2) is 9.78 Å². The number of nitrogens with zero attached hydrogens (tertiary/aromatic N) is 3. The van der Waals surface area contributed by atoms with Crippen LogP contribution in [0.3, 0.4) is 0 Å². The number of fused-ring (bicyclic) bond motifs is 1. The van der Waals surface area contributed by atoms with Crippen LogP contribution in [0.1, 0.15) is 30.1 Å². The summed E-state index contributed by atoms with van der Waals surface area (Å²) < 4.78 is 0. The van der Waals surface area contributed by atoms with E-state index in [-0.39, 0.29) is 11.9 Å². The van der Waals surface area contributed by atoms with Crippen LogP contribution in [0.25, 0.3) is 0 Å². The van der Waals surface area contributed by atoms with Crippen LogP contribution in [-0.4, -0.2) is 59.8 Å². The number of nitrogens with one attached hydrogen (secondary N) is 2. The number of aromatic nitrogens is 1. The number of urea groups is 1. The van der Waals surface area contributed by atoms with Crippen molar-refractivity contribution in [1.29, 1.82) is 0 Å². The lowest BCUT2D eigenvalue weighted by Crippen LogP contribution is -2.40. The predicted octanol–water partition coefficient (Wildman–Crippen LogP) is 3.44. The minimum atomic E-state index is -0.192. The molecule has 0 aliphatic carbocycles. The number of anilines is 2. The first-order chi connectivity index (χ1) is 14.7. The van der Waals surface area contributed by atoms with Gasteiger partial charge in [0.1, 0.15) is 5.03 Å². The van der Waals surface area contributed by atoms with Gasteiger partial charge < -0.3 is 10.6 Å². The van der Waals surface area contributed by atoms with Gasteiger partial charge in [0.05, 0.1) is 5.69 Å². The van der Waals surface area contributed by atoms with Gasteiger partial charge in [-0.1, -0.05) is 6.92 Å². The molecule has 8 heteroatoms. The molecule has 7 nitrogen and oxygen atoms in total. The third-order valence-corrected chi connectivity index (χ3v) is 6.62. The molecule has 1 atom stereocenters. The van der Waals surface area contributed by atoms with Crippen molar-refractivity contribution in [2.24, 2.45) is 0 Å². The number of carbonyl (C=O) groups is 2. The van der Waals surface area contributed by atoms with Crippen LogP contribution < -0.4 is 15.5 Å². The Morgan fingerprint density at radius 1 is 1.20 bits per heavy atom. The number of carbonyl (C=O) groups excluding carboxylic acids is 2. The Kier molecular flexibility index (Phi) is 6.54. The number of likely N-dealkylation sites (tertiary alicyclic amines) is 1. The number of pyridine rings is 1. The zero-order valence-corrected chi connectivity index (χ0v) is 18.0. The largest absolute Gasteiger partial charge is 0.350 e. The second-order valence-corrected chi connectivity index (χ2v) is 8.55. The Hall–Kier alpha value is -2.58. The zero-order valence-electron chi connectivity index (χ0n) is 17.1. The Bertz CT molecular complexity index is 905. The van der Waals surface area contributed by atoms with Crippen molar-refractivity contribution in [3.63, 3.8) is 0 Å². The first-order valence-electron chi connectivity index (χ1n) is 10.4. The van der Waals surface area contributed by atoms with Crippen LogP contribution in [0.4, 0.5) is 16.2 Å². The minimum absolute atomic E-state index is 0.0797. The summed E-state index contributed by atoms with van der Waals surface area (Å²) in [5, 5.41) is 6.83. The summed E-state index contributed by atoms with van der Waals surface area (Å²) >= 11 is 1.66. The molecule has 1 aromatic carbocycles. The van der Waals surface area contributed by atoms with E-state index in [1.54, 1.807) is 47.1 Å². The number of amides is 3. The van der Waals surface area contributed by atoms with E-state index in [1.807, 2.05) is 12.1 Å². The molecule has 3 heterocycles. The van der Waals surface area contributed by atoms with E-state index in [0.29, 0.717) is 30.4 Å². The van der Waals surface area contributed by atoms with Crippen LogP contribution in [0.5, 0.6) is 0 Å². The Balaban J connectivity index is 1.34. The summed E-state index contributed by atoms with van der Waals surface area (Å²) in [7, 11) is 0. The Morgan fingerprint density at radius 2 is 2.03 bits per heavy atom. The average Bonchev–Trinajstić information content (AvgIpc) is 3.25. The van der Waals surface area contributed by atoms with Crippen molar-refractivity contribution < 1.29 is 9.59 Å². The molecule has 3 amide bonds. The molecule has 1 unspecified atom stereocenters. The van der Waals surface area contributed by atoms with Gasteiger partial charge in [0.25, 0.3) is 5.91 Å². The summed E-state index contributed by atoms with van der Waals surface area (Å²) in [6.07, 6.45) is 4.06. The SMILES string of the molecule is CCN1CCCC1CNC(=O)c1ccc(NC(=O)N2CCSc3ncccc32)cc1. The van der Waals surface area contributed by atoms with E-state index in [9.17, 15) is 9.59 Å². The first kappa shape index (κ1) is 20.7. The molecule has 0 spiro atoms. The number of likely N-dealkylation sites (N-methyl/N-ethyl adjacent to an activating group) is 1. The third kappa shape index (κ3) is 4.60. The fourth-order valence-corrected chi connectivity index (χ4v) is 4.94. The quantitative estimate of drug-likeness (QED) is 0.767. The smallest absolute Gasteiger partial charge is 0.326 e. The fraction of sp³-hybridized carbons (Fsp3) is 0.409. The van der Waals surface area contributed by atoms with Gasteiger partial charge in [-0.15, -0.1) is 11.8 Å². The molecule has 4 rings (SSSR count). The number of benzene rings is 1. The van der Waals surface area contributed by atoms with Crippen LogP contribution in [0.15, 0.2) is 47.6 Å². The highest BCUT2D eigenvalue weighted by Crippen LogP contribution is 2.32. The van der Waals surface area contributed by atoms with Crippen molar-refractivity contribution in [3.8, 4) is 0 Å². The topological polar surface area (TPSA) is 77.6 Å². The van der Waals surface area contributed by atoms with Gasteiger partial charge in [-0.05, 0) is 62.3 Å². The van der Waals surface area contributed by atoms with E-state index >= 15 is 0 Å². The summed E-state index contributed by atoms with van der Waals surface area (Å²) in [5.74, 6) is 0.733. The molecular formula is C22H27N5O2S. The second-order valence-electron chi connectivity index (χ2n) is 7.47. The highest BCUT2D eigenvalue weighted by molar-refractivity contribution is 7.99. The molecule has 1 saturated heterocycles. The summed E-state index contributed by atoms with van der Waals surface area (Å²) in [6.45, 7) is 5.59. The van der Waals surface area contributed by atoms with Crippen molar-refractivity contribution in [2.75, 3.05) is 42.1 Å². The molecule has 1 aromatic heterocycles. The molecule has 2 aliphatic heterocycles. The van der Waals surface area contributed by atoms with E-state index in [0.717, 1.165) is 36.0 Å². The molecule has 2 N–H and O–H groups in total. The lowest BCUT2D eigenvalue weighted by Gasteiger charge is -2.28. The molecule has 0 bridgehead atoms. The van der Waals surface area contributed by atoms with Crippen molar-refractivity contribution in [3.05, 3.63) is 48.2 Å². The number of hydrogen-bond donors (Lipinski definition) is 2. The van der Waals surface area contributed by atoms with Crippen LogP contribution in [0, 0.1) is 0 Å². The molecule has 158 valence electrons. The maximum absolute atomic E-state index is 12.8. The van der Waals surface area contributed by atoms with Crippen LogP contribution in [0.2, 0.25) is 0 Å². The van der Waals surface area contributed by atoms with Gasteiger partial charge in [-0.2, -0.15) is 0 Å². The van der Waals surface area contributed by atoms with Gasteiger partial charge in [0.2, 0.25) is 0 Å². The summed E-state index contributed by atoms with van der Waals surface area (Å²) in [4.78, 5) is 33.7. The normalized spacial score (nSPS) is 18.7. The summed E-state index contributed by atoms with van der Waals surface area (Å²) in [5.41, 5.74) is 2.08. The first-order valence-corrected chi connectivity index (χ1v) is 11.4. The number of rotatable bonds is 5. The Labute approximate surface area is 181 Å². The zero-order chi connectivity index (χ0) is 20.9. The molecule has 2 aromatic rings. The summed E-state index contributed by atoms with van der Waals surface area (Å²) in [6, 6.07) is 11.0. The molecular weight excluding hydrogens is 398 g/mol. The fourth-order valence-electron chi connectivity index (χ4n) is 4.02.